The molecule has 0 saturated carbocycles. The van der Waals surface area contributed by atoms with Crippen LogP contribution < -0.4 is 11.1 Å². The van der Waals surface area contributed by atoms with E-state index < -0.39 is 0 Å². The molecule has 0 spiro atoms. The van der Waals surface area contributed by atoms with Crippen molar-refractivity contribution in [1.82, 2.24) is 5.32 Å². The number of hydrogen-bond donors (Lipinski definition) is 2. The zero-order valence-corrected chi connectivity index (χ0v) is 8.38. The molecule has 0 rings (SSSR count). The predicted octanol–water partition coefficient (Wildman–Crippen LogP) is 1.20. The van der Waals surface area contributed by atoms with E-state index in [4.69, 9.17) is 5.73 Å². The van der Waals surface area contributed by atoms with Crippen molar-refractivity contribution >= 4 is 5.91 Å². The first-order valence-electron chi connectivity index (χ1n) is 4.89. The van der Waals surface area contributed by atoms with Crippen molar-refractivity contribution in [3.05, 3.63) is 12.2 Å². The van der Waals surface area contributed by atoms with Crippen molar-refractivity contribution in [2.45, 2.75) is 32.6 Å². The zero-order valence-electron chi connectivity index (χ0n) is 8.38. The summed E-state index contributed by atoms with van der Waals surface area (Å²) >= 11 is 0. The molecule has 0 aromatic carbocycles. The standard InChI is InChI=1S/C10H20N2O/c1-2-3-6-9-12-10(13)7-4-5-8-11/h2-3H,4-9,11H2,1H3,(H,12,13)/b3-2+. The van der Waals surface area contributed by atoms with Crippen molar-refractivity contribution in [1.29, 1.82) is 0 Å². The number of nitrogens with one attached hydrogen (secondary N) is 1. The summed E-state index contributed by atoms with van der Waals surface area (Å²) < 4.78 is 0. The summed E-state index contributed by atoms with van der Waals surface area (Å²) in [5, 5.41) is 2.85. The van der Waals surface area contributed by atoms with Crippen LogP contribution in [0.3, 0.4) is 0 Å². The molecule has 0 atom stereocenters. The van der Waals surface area contributed by atoms with Crippen LogP contribution in [0.5, 0.6) is 0 Å². The van der Waals surface area contributed by atoms with Gasteiger partial charge < -0.3 is 11.1 Å². The van der Waals surface area contributed by atoms with Crippen LogP contribution in [0, 0.1) is 0 Å². The Morgan fingerprint density at radius 1 is 1.46 bits per heavy atom. The summed E-state index contributed by atoms with van der Waals surface area (Å²) in [6, 6.07) is 0. The quantitative estimate of drug-likeness (QED) is 0.461. The van der Waals surface area contributed by atoms with Crippen molar-refractivity contribution in [3.63, 3.8) is 0 Å². The van der Waals surface area contributed by atoms with E-state index in [1.54, 1.807) is 0 Å². The first-order valence-corrected chi connectivity index (χ1v) is 4.89. The maximum Gasteiger partial charge on any atom is 0.220 e. The summed E-state index contributed by atoms with van der Waals surface area (Å²) in [7, 11) is 0. The van der Waals surface area contributed by atoms with E-state index >= 15 is 0 Å². The molecule has 3 nitrogen and oxygen atoms in total. The van der Waals surface area contributed by atoms with Gasteiger partial charge in [0.05, 0.1) is 0 Å². The van der Waals surface area contributed by atoms with Gasteiger partial charge in [-0.15, -0.1) is 0 Å². The molecule has 0 aromatic rings. The lowest BCUT2D eigenvalue weighted by Gasteiger charge is -2.02. The average molecular weight is 184 g/mol. The Hall–Kier alpha value is -0.830. The van der Waals surface area contributed by atoms with E-state index in [0.29, 0.717) is 13.0 Å². The maximum absolute atomic E-state index is 11.1. The summed E-state index contributed by atoms with van der Waals surface area (Å²) in [6.07, 6.45) is 7.38. The fourth-order valence-corrected chi connectivity index (χ4v) is 0.980. The lowest BCUT2D eigenvalue weighted by molar-refractivity contribution is -0.121. The third-order valence-corrected chi connectivity index (χ3v) is 1.73. The van der Waals surface area contributed by atoms with Crippen molar-refractivity contribution < 1.29 is 4.79 Å². The molecule has 0 radical (unpaired) electrons. The van der Waals surface area contributed by atoms with E-state index in [1.165, 1.54) is 0 Å². The molecule has 13 heavy (non-hydrogen) atoms. The lowest BCUT2D eigenvalue weighted by Crippen LogP contribution is -2.23. The van der Waals surface area contributed by atoms with E-state index in [1.807, 2.05) is 19.1 Å². The van der Waals surface area contributed by atoms with Gasteiger partial charge in [-0.1, -0.05) is 12.2 Å². The fraction of sp³-hybridized carbons (Fsp3) is 0.700. The third-order valence-electron chi connectivity index (χ3n) is 1.73. The van der Waals surface area contributed by atoms with Gasteiger partial charge in [0.25, 0.3) is 0 Å². The summed E-state index contributed by atoms with van der Waals surface area (Å²) in [5.41, 5.74) is 5.31. The van der Waals surface area contributed by atoms with Gasteiger partial charge in [-0.05, 0) is 32.7 Å². The molecule has 0 saturated heterocycles. The summed E-state index contributed by atoms with van der Waals surface area (Å²) in [6.45, 7) is 3.39. The molecule has 0 bridgehead atoms. The second kappa shape index (κ2) is 9.26. The highest BCUT2D eigenvalue weighted by Gasteiger charge is 1.97. The Morgan fingerprint density at radius 2 is 2.23 bits per heavy atom. The van der Waals surface area contributed by atoms with E-state index in [9.17, 15) is 4.79 Å². The molecule has 0 aliphatic heterocycles. The van der Waals surface area contributed by atoms with Crippen LogP contribution in [0.25, 0.3) is 0 Å². The Balaban J connectivity index is 3.20. The summed E-state index contributed by atoms with van der Waals surface area (Å²) in [4.78, 5) is 11.1. The SMILES string of the molecule is C/C=C/CCNC(=O)CCCCN. The molecular weight excluding hydrogens is 164 g/mol. The van der Waals surface area contributed by atoms with Crippen LogP contribution in [-0.2, 0) is 4.79 Å². The second-order valence-corrected chi connectivity index (χ2v) is 2.95. The highest BCUT2D eigenvalue weighted by Crippen LogP contribution is 1.92. The number of hydrogen-bond acceptors (Lipinski definition) is 2. The topological polar surface area (TPSA) is 55.1 Å². The first-order chi connectivity index (χ1) is 6.31. The van der Waals surface area contributed by atoms with Crippen LogP contribution >= 0.6 is 0 Å². The van der Waals surface area contributed by atoms with Crippen molar-refractivity contribution in [2.75, 3.05) is 13.1 Å². The second-order valence-electron chi connectivity index (χ2n) is 2.95. The van der Waals surface area contributed by atoms with Crippen LogP contribution in [0.4, 0.5) is 0 Å². The largest absolute Gasteiger partial charge is 0.356 e. The molecule has 1 amide bonds. The third kappa shape index (κ3) is 9.08. The smallest absolute Gasteiger partial charge is 0.220 e. The highest BCUT2D eigenvalue weighted by atomic mass is 16.1. The fourth-order valence-electron chi connectivity index (χ4n) is 0.980. The number of carbonyl (C=O) groups excluding carboxylic acids is 1. The number of nitrogens with two attached hydrogens (primary N) is 1. The first kappa shape index (κ1) is 12.2. The van der Waals surface area contributed by atoms with Crippen LogP contribution in [-0.4, -0.2) is 19.0 Å². The molecule has 0 aliphatic rings. The van der Waals surface area contributed by atoms with Crippen LogP contribution in [0.2, 0.25) is 0 Å². The van der Waals surface area contributed by atoms with Crippen LogP contribution in [0.15, 0.2) is 12.2 Å². The number of amides is 1. The Kier molecular flexibility index (Phi) is 8.67. The van der Waals surface area contributed by atoms with Gasteiger partial charge in [-0.3, -0.25) is 4.79 Å². The van der Waals surface area contributed by atoms with Gasteiger partial charge in [-0.25, -0.2) is 0 Å². The molecule has 0 heterocycles. The molecule has 0 unspecified atom stereocenters. The predicted molar refractivity (Wildman–Crippen MR) is 55.3 cm³/mol. The molecule has 3 heteroatoms. The zero-order chi connectivity index (χ0) is 9.94. The monoisotopic (exact) mass is 184 g/mol. The number of carbonyl (C=O) groups is 1. The highest BCUT2D eigenvalue weighted by molar-refractivity contribution is 5.75. The molecule has 0 fully saturated rings. The normalized spacial score (nSPS) is 10.6. The van der Waals surface area contributed by atoms with Gasteiger partial charge in [0.1, 0.15) is 0 Å². The van der Waals surface area contributed by atoms with Gasteiger partial charge in [0.15, 0.2) is 0 Å². The Labute approximate surface area is 80.4 Å². The van der Waals surface area contributed by atoms with Gasteiger partial charge in [0, 0.05) is 13.0 Å². The number of rotatable bonds is 7. The van der Waals surface area contributed by atoms with Gasteiger partial charge in [0.2, 0.25) is 5.91 Å². The lowest BCUT2D eigenvalue weighted by atomic mass is 10.2. The minimum absolute atomic E-state index is 0.137. The molecule has 76 valence electrons. The van der Waals surface area contributed by atoms with Gasteiger partial charge in [-0.2, -0.15) is 0 Å². The molecule has 0 aromatic heterocycles. The number of allylic oxidation sites excluding steroid dienone is 1. The maximum atomic E-state index is 11.1. The minimum Gasteiger partial charge on any atom is -0.356 e. The molecular formula is C10H20N2O. The van der Waals surface area contributed by atoms with Crippen LogP contribution in [0.1, 0.15) is 32.6 Å². The molecule has 3 N–H and O–H groups in total. The van der Waals surface area contributed by atoms with Crippen molar-refractivity contribution in [3.8, 4) is 0 Å². The van der Waals surface area contributed by atoms with Gasteiger partial charge >= 0.3 is 0 Å². The Morgan fingerprint density at radius 3 is 2.85 bits per heavy atom. The average Bonchev–Trinajstić information content (AvgIpc) is 2.13. The number of unbranched alkanes of at least 4 members (excludes halogenated alkanes) is 1. The Bertz CT molecular complexity index is 155. The van der Waals surface area contributed by atoms with E-state index in [2.05, 4.69) is 5.32 Å². The van der Waals surface area contributed by atoms with E-state index in [-0.39, 0.29) is 5.91 Å². The minimum atomic E-state index is 0.137. The van der Waals surface area contributed by atoms with E-state index in [0.717, 1.165) is 25.8 Å². The summed E-state index contributed by atoms with van der Waals surface area (Å²) in [5.74, 6) is 0.137. The molecule has 0 aliphatic carbocycles. The van der Waals surface area contributed by atoms with Crippen molar-refractivity contribution in [2.24, 2.45) is 5.73 Å².